The SMILES string of the molecule is c1ccc2c(c1)-c1ccccc1C21c2ccccc2-c2cc3cnc4ccccc4c3cc21. The molecule has 0 N–H and O–H groups in total. The van der Waals surface area contributed by atoms with E-state index in [1.165, 1.54) is 60.7 Å². The summed E-state index contributed by atoms with van der Waals surface area (Å²) in [6, 6.07) is 40.2. The number of rotatable bonds is 0. The number of aromatic nitrogens is 1. The number of nitrogens with zero attached hydrogens (tertiary/aromatic N) is 1. The first-order valence-corrected chi connectivity index (χ1v) is 11.5. The molecule has 5 aromatic carbocycles. The predicted octanol–water partition coefficient (Wildman–Crippen LogP) is 7.73. The molecule has 1 nitrogen and oxygen atoms in total. The third kappa shape index (κ3) is 1.97. The average molecular weight is 418 g/mol. The van der Waals surface area contributed by atoms with Crippen molar-refractivity contribution in [3.05, 3.63) is 138 Å². The summed E-state index contributed by atoms with van der Waals surface area (Å²) in [6.45, 7) is 0. The third-order valence-electron chi connectivity index (χ3n) is 7.70. The summed E-state index contributed by atoms with van der Waals surface area (Å²) < 4.78 is 0. The fourth-order valence-corrected chi connectivity index (χ4v) is 6.45. The second-order valence-corrected chi connectivity index (χ2v) is 9.15. The van der Waals surface area contributed by atoms with Crippen LogP contribution in [0.3, 0.4) is 0 Å². The average Bonchev–Trinajstić information content (AvgIpc) is 3.35. The van der Waals surface area contributed by atoms with Gasteiger partial charge in [0.05, 0.1) is 10.9 Å². The van der Waals surface area contributed by atoms with E-state index >= 15 is 0 Å². The number of benzene rings is 5. The molecular weight excluding hydrogens is 398 g/mol. The molecule has 1 aromatic heterocycles. The predicted molar refractivity (Wildman–Crippen MR) is 136 cm³/mol. The van der Waals surface area contributed by atoms with Crippen LogP contribution >= 0.6 is 0 Å². The quantitative estimate of drug-likeness (QED) is 0.230. The summed E-state index contributed by atoms with van der Waals surface area (Å²) in [5.74, 6) is 0. The summed E-state index contributed by atoms with van der Waals surface area (Å²) >= 11 is 0. The Hall–Kier alpha value is -4.23. The highest BCUT2D eigenvalue weighted by molar-refractivity contribution is 6.09. The molecule has 1 heteroatoms. The number of pyridine rings is 1. The lowest BCUT2D eigenvalue weighted by molar-refractivity contribution is 0.795. The van der Waals surface area contributed by atoms with E-state index in [1.54, 1.807) is 0 Å². The molecule has 0 saturated carbocycles. The fourth-order valence-electron chi connectivity index (χ4n) is 6.45. The second kappa shape index (κ2) is 5.96. The van der Waals surface area contributed by atoms with E-state index in [0.29, 0.717) is 0 Å². The number of hydrogen-bond donors (Lipinski definition) is 0. The zero-order valence-corrected chi connectivity index (χ0v) is 17.9. The molecule has 0 saturated heterocycles. The Morgan fingerprint density at radius 3 is 1.67 bits per heavy atom. The molecule has 0 aliphatic heterocycles. The molecule has 6 aromatic rings. The Morgan fingerprint density at radius 1 is 0.455 bits per heavy atom. The molecule has 0 atom stereocenters. The van der Waals surface area contributed by atoms with E-state index in [0.717, 1.165) is 5.52 Å². The van der Waals surface area contributed by atoms with Crippen LogP contribution in [0.15, 0.2) is 115 Å². The highest BCUT2D eigenvalue weighted by Crippen LogP contribution is 2.63. The molecular formula is C32H19N. The molecule has 2 aliphatic carbocycles. The van der Waals surface area contributed by atoms with Gasteiger partial charge in [-0.2, -0.15) is 0 Å². The minimum Gasteiger partial charge on any atom is -0.256 e. The van der Waals surface area contributed by atoms with Crippen molar-refractivity contribution in [1.82, 2.24) is 4.98 Å². The van der Waals surface area contributed by atoms with Crippen LogP contribution in [0.25, 0.3) is 43.9 Å². The first kappa shape index (κ1) is 17.3. The van der Waals surface area contributed by atoms with Crippen LogP contribution in [0, 0.1) is 0 Å². The highest BCUT2D eigenvalue weighted by atomic mass is 14.6. The van der Waals surface area contributed by atoms with Crippen LogP contribution in [0.4, 0.5) is 0 Å². The van der Waals surface area contributed by atoms with Gasteiger partial charge in [0.15, 0.2) is 0 Å². The minimum absolute atomic E-state index is 0.294. The molecule has 0 unspecified atom stereocenters. The van der Waals surface area contributed by atoms with Gasteiger partial charge in [-0.3, -0.25) is 4.98 Å². The lowest BCUT2D eigenvalue weighted by Gasteiger charge is -2.30. The van der Waals surface area contributed by atoms with Gasteiger partial charge in [0.1, 0.15) is 0 Å². The van der Waals surface area contributed by atoms with E-state index in [9.17, 15) is 0 Å². The van der Waals surface area contributed by atoms with Gasteiger partial charge in [0, 0.05) is 17.0 Å². The van der Waals surface area contributed by atoms with E-state index in [1.807, 2.05) is 6.20 Å². The normalized spacial score (nSPS) is 14.3. The van der Waals surface area contributed by atoms with Gasteiger partial charge in [-0.15, -0.1) is 0 Å². The summed E-state index contributed by atoms with van der Waals surface area (Å²) in [6.07, 6.45) is 2.03. The topological polar surface area (TPSA) is 12.9 Å². The van der Waals surface area contributed by atoms with Crippen molar-refractivity contribution in [1.29, 1.82) is 0 Å². The smallest absolute Gasteiger partial charge is 0.0725 e. The van der Waals surface area contributed by atoms with Gasteiger partial charge in [-0.1, -0.05) is 91.0 Å². The van der Waals surface area contributed by atoms with E-state index < -0.39 is 0 Å². The molecule has 2 aliphatic rings. The lowest BCUT2D eigenvalue weighted by Crippen LogP contribution is -2.25. The Bertz CT molecular complexity index is 1730. The monoisotopic (exact) mass is 417 g/mol. The molecule has 0 radical (unpaired) electrons. The highest BCUT2D eigenvalue weighted by Gasteiger charge is 2.51. The maximum absolute atomic E-state index is 4.75. The van der Waals surface area contributed by atoms with Gasteiger partial charge in [0.25, 0.3) is 0 Å². The van der Waals surface area contributed by atoms with Crippen LogP contribution in [-0.4, -0.2) is 4.98 Å². The molecule has 8 rings (SSSR count). The van der Waals surface area contributed by atoms with Crippen LogP contribution in [0.5, 0.6) is 0 Å². The van der Waals surface area contributed by atoms with Gasteiger partial charge < -0.3 is 0 Å². The van der Waals surface area contributed by atoms with Crippen molar-refractivity contribution in [3.8, 4) is 22.3 Å². The van der Waals surface area contributed by atoms with Crippen molar-refractivity contribution in [2.75, 3.05) is 0 Å². The standard InChI is InChI=1S/C32H19N/c1-5-13-27-21(9-1)22-10-2-6-14-28(22)32(27)29-15-7-3-11-23(29)26-17-20-19-33-31-16-8-4-12-24(31)25(20)18-30(26)32/h1-19H. The minimum atomic E-state index is -0.294. The zero-order valence-electron chi connectivity index (χ0n) is 17.9. The van der Waals surface area contributed by atoms with Crippen LogP contribution < -0.4 is 0 Å². The Balaban J connectivity index is 1.61. The van der Waals surface area contributed by atoms with Gasteiger partial charge in [0.2, 0.25) is 0 Å². The van der Waals surface area contributed by atoms with Crippen molar-refractivity contribution >= 4 is 21.7 Å². The first-order valence-electron chi connectivity index (χ1n) is 11.5. The maximum Gasteiger partial charge on any atom is 0.0725 e. The van der Waals surface area contributed by atoms with Crippen LogP contribution in [-0.2, 0) is 5.41 Å². The van der Waals surface area contributed by atoms with Crippen LogP contribution in [0.1, 0.15) is 22.3 Å². The van der Waals surface area contributed by atoms with Gasteiger partial charge in [-0.05, 0) is 68.1 Å². The summed E-state index contributed by atoms with van der Waals surface area (Å²) in [5, 5.41) is 3.68. The second-order valence-electron chi connectivity index (χ2n) is 9.15. The fraction of sp³-hybridized carbons (Fsp3) is 0.0312. The van der Waals surface area contributed by atoms with E-state index in [-0.39, 0.29) is 5.41 Å². The zero-order chi connectivity index (χ0) is 21.6. The molecule has 0 fully saturated rings. The van der Waals surface area contributed by atoms with E-state index in [4.69, 9.17) is 4.98 Å². The molecule has 1 spiro atoms. The van der Waals surface area contributed by atoms with Gasteiger partial charge >= 0.3 is 0 Å². The summed E-state index contributed by atoms with van der Waals surface area (Å²) in [5.41, 5.74) is 11.6. The Kier molecular flexibility index (Phi) is 3.13. The van der Waals surface area contributed by atoms with Gasteiger partial charge in [-0.25, -0.2) is 0 Å². The summed E-state index contributed by atoms with van der Waals surface area (Å²) in [7, 11) is 0. The van der Waals surface area contributed by atoms with Crippen LogP contribution in [0.2, 0.25) is 0 Å². The van der Waals surface area contributed by atoms with E-state index in [2.05, 4.69) is 109 Å². The number of fused-ring (bicyclic) bond motifs is 13. The molecule has 33 heavy (non-hydrogen) atoms. The number of para-hydroxylation sites is 1. The maximum atomic E-state index is 4.75. The van der Waals surface area contributed by atoms with Crippen molar-refractivity contribution in [3.63, 3.8) is 0 Å². The first-order chi connectivity index (χ1) is 16.4. The molecule has 1 heterocycles. The largest absolute Gasteiger partial charge is 0.256 e. The Labute approximate surface area is 192 Å². The summed E-state index contributed by atoms with van der Waals surface area (Å²) in [4.78, 5) is 4.75. The molecule has 0 bridgehead atoms. The van der Waals surface area contributed by atoms with Crippen molar-refractivity contribution in [2.45, 2.75) is 5.41 Å². The number of hydrogen-bond acceptors (Lipinski definition) is 1. The molecule has 0 amide bonds. The lowest BCUT2D eigenvalue weighted by atomic mass is 9.70. The molecule has 152 valence electrons. The Morgan fingerprint density at radius 2 is 1.00 bits per heavy atom. The van der Waals surface area contributed by atoms with Crippen molar-refractivity contribution in [2.24, 2.45) is 0 Å². The van der Waals surface area contributed by atoms with Crippen molar-refractivity contribution < 1.29 is 0 Å². The third-order valence-corrected chi connectivity index (χ3v) is 7.70.